The van der Waals surface area contributed by atoms with E-state index in [1.165, 1.54) is 17.4 Å². The van der Waals surface area contributed by atoms with Crippen LogP contribution in [0.3, 0.4) is 0 Å². The standard InChI is InChI=1S/C16H14O4S/c1-19-13-6-4-12(5-7-13)15(17)11-20-16(18)9-8-14-3-2-10-21-14/h2-10H,11H2,1H3/b9-8+. The Morgan fingerprint density at radius 2 is 1.95 bits per heavy atom. The summed E-state index contributed by atoms with van der Waals surface area (Å²) < 4.78 is 9.92. The van der Waals surface area contributed by atoms with Crippen molar-refractivity contribution in [1.29, 1.82) is 0 Å². The zero-order chi connectivity index (χ0) is 15.1. The number of rotatable bonds is 6. The summed E-state index contributed by atoms with van der Waals surface area (Å²) >= 11 is 1.52. The largest absolute Gasteiger partial charge is 0.497 e. The molecule has 1 aromatic carbocycles. The number of hydrogen-bond acceptors (Lipinski definition) is 5. The molecule has 0 unspecified atom stereocenters. The number of ketones is 1. The molecule has 0 amide bonds. The Bertz CT molecular complexity index is 627. The van der Waals surface area contributed by atoms with E-state index in [1.807, 2.05) is 17.5 Å². The van der Waals surface area contributed by atoms with Crippen LogP contribution in [0.15, 0.2) is 47.9 Å². The van der Waals surface area contributed by atoms with Gasteiger partial charge in [0, 0.05) is 16.5 Å². The van der Waals surface area contributed by atoms with Crippen LogP contribution in [-0.2, 0) is 9.53 Å². The molecule has 2 aromatic rings. The Labute approximate surface area is 126 Å². The summed E-state index contributed by atoms with van der Waals surface area (Å²) in [6.07, 6.45) is 2.97. The maximum absolute atomic E-state index is 11.8. The Hall–Kier alpha value is -2.40. The van der Waals surface area contributed by atoms with Gasteiger partial charge in [-0.15, -0.1) is 11.3 Å². The van der Waals surface area contributed by atoms with Crippen LogP contribution in [0.2, 0.25) is 0 Å². The van der Waals surface area contributed by atoms with Crippen molar-refractivity contribution in [2.45, 2.75) is 0 Å². The van der Waals surface area contributed by atoms with E-state index in [9.17, 15) is 9.59 Å². The van der Waals surface area contributed by atoms with Crippen LogP contribution in [0.25, 0.3) is 6.08 Å². The van der Waals surface area contributed by atoms with Crippen molar-refractivity contribution < 1.29 is 19.1 Å². The number of esters is 1. The number of carbonyl (C=O) groups excluding carboxylic acids is 2. The SMILES string of the molecule is COc1ccc(C(=O)COC(=O)/C=C/c2cccs2)cc1. The molecule has 0 bridgehead atoms. The molecule has 0 fully saturated rings. The first kappa shape index (κ1) is 15.0. The maximum Gasteiger partial charge on any atom is 0.331 e. The first-order valence-corrected chi connectivity index (χ1v) is 7.12. The van der Waals surface area contributed by atoms with Crippen molar-refractivity contribution in [3.63, 3.8) is 0 Å². The molecule has 5 heteroatoms. The number of ether oxygens (including phenoxy) is 2. The third kappa shape index (κ3) is 4.57. The van der Waals surface area contributed by atoms with Gasteiger partial charge in [0.05, 0.1) is 7.11 Å². The lowest BCUT2D eigenvalue weighted by Crippen LogP contribution is -2.12. The Morgan fingerprint density at radius 3 is 2.57 bits per heavy atom. The van der Waals surface area contributed by atoms with Crippen molar-refractivity contribution in [2.24, 2.45) is 0 Å². The number of carbonyl (C=O) groups is 2. The zero-order valence-electron chi connectivity index (χ0n) is 11.4. The van der Waals surface area contributed by atoms with Crippen LogP contribution in [0.4, 0.5) is 0 Å². The van der Waals surface area contributed by atoms with Crippen molar-refractivity contribution >= 4 is 29.2 Å². The van der Waals surface area contributed by atoms with E-state index < -0.39 is 5.97 Å². The summed E-state index contributed by atoms with van der Waals surface area (Å²) in [5.74, 6) is -0.122. The average molecular weight is 302 g/mol. The van der Waals surface area contributed by atoms with Crippen LogP contribution in [-0.4, -0.2) is 25.5 Å². The second-order valence-corrected chi connectivity index (χ2v) is 5.09. The molecular formula is C16H14O4S. The second-order valence-electron chi connectivity index (χ2n) is 4.11. The van der Waals surface area contributed by atoms with Crippen molar-refractivity contribution in [1.82, 2.24) is 0 Å². The van der Waals surface area contributed by atoms with Crippen LogP contribution in [0, 0.1) is 0 Å². The number of benzene rings is 1. The van der Waals surface area contributed by atoms with Crippen LogP contribution >= 0.6 is 11.3 Å². The maximum atomic E-state index is 11.8. The van der Waals surface area contributed by atoms with Gasteiger partial charge in [-0.1, -0.05) is 6.07 Å². The van der Waals surface area contributed by atoms with E-state index >= 15 is 0 Å². The first-order chi connectivity index (χ1) is 10.2. The van der Waals surface area contributed by atoms with Crippen LogP contribution in [0.5, 0.6) is 5.75 Å². The lowest BCUT2D eigenvalue weighted by atomic mass is 10.1. The van der Waals surface area contributed by atoms with Gasteiger partial charge in [-0.2, -0.15) is 0 Å². The number of methoxy groups -OCH3 is 1. The van der Waals surface area contributed by atoms with E-state index in [2.05, 4.69) is 0 Å². The molecule has 1 heterocycles. The van der Waals surface area contributed by atoms with E-state index in [1.54, 1.807) is 37.5 Å². The third-order valence-corrected chi connectivity index (χ3v) is 3.52. The highest BCUT2D eigenvalue weighted by atomic mass is 32.1. The lowest BCUT2D eigenvalue weighted by Gasteiger charge is -2.03. The lowest BCUT2D eigenvalue weighted by molar-refractivity contribution is -0.136. The Morgan fingerprint density at radius 1 is 1.19 bits per heavy atom. The van der Waals surface area contributed by atoms with E-state index in [0.717, 1.165) is 4.88 Å². The van der Waals surface area contributed by atoms with Gasteiger partial charge in [0.2, 0.25) is 0 Å². The second kappa shape index (κ2) is 7.40. The highest BCUT2D eigenvalue weighted by molar-refractivity contribution is 7.10. The molecule has 0 atom stereocenters. The molecule has 0 radical (unpaired) electrons. The highest BCUT2D eigenvalue weighted by Crippen LogP contribution is 2.12. The van der Waals surface area contributed by atoms with Gasteiger partial charge in [-0.05, 0) is 41.8 Å². The average Bonchev–Trinajstić information content (AvgIpc) is 3.04. The molecule has 0 spiro atoms. The summed E-state index contributed by atoms with van der Waals surface area (Å²) in [5, 5.41) is 1.91. The molecule has 108 valence electrons. The van der Waals surface area contributed by atoms with Crippen molar-refractivity contribution in [3.8, 4) is 5.75 Å². The van der Waals surface area contributed by atoms with Crippen LogP contribution < -0.4 is 4.74 Å². The monoisotopic (exact) mass is 302 g/mol. The molecule has 0 aliphatic carbocycles. The fourth-order valence-electron chi connectivity index (χ4n) is 1.58. The minimum absolute atomic E-state index is 0.254. The molecule has 0 saturated carbocycles. The molecule has 1 aromatic heterocycles. The molecule has 21 heavy (non-hydrogen) atoms. The van der Waals surface area contributed by atoms with E-state index in [4.69, 9.17) is 9.47 Å². The summed E-state index contributed by atoms with van der Waals surface area (Å²) in [4.78, 5) is 24.3. The summed E-state index contributed by atoms with van der Waals surface area (Å²) in [5.41, 5.74) is 0.478. The van der Waals surface area contributed by atoms with Crippen LogP contribution in [0.1, 0.15) is 15.2 Å². The third-order valence-electron chi connectivity index (χ3n) is 2.68. The topological polar surface area (TPSA) is 52.6 Å². The van der Waals surface area contributed by atoms with Crippen molar-refractivity contribution in [2.75, 3.05) is 13.7 Å². The summed E-state index contributed by atoms with van der Waals surface area (Å²) in [6.45, 7) is -0.278. The van der Waals surface area contributed by atoms with E-state index in [0.29, 0.717) is 11.3 Å². The number of thiophene rings is 1. The smallest absolute Gasteiger partial charge is 0.331 e. The first-order valence-electron chi connectivity index (χ1n) is 6.24. The molecule has 0 saturated heterocycles. The van der Waals surface area contributed by atoms with Crippen molar-refractivity contribution in [3.05, 3.63) is 58.3 Å². The molecular weight excluding hydrogens is 288 g/mol. The minimum atomic E-state index is -0.537. The minimum Gasteiger partial charge on any atom is -0.497 e. The van der Waals surface area contributed by atoms with Gasteiger partial charge in [0.15, 0.2) is 12.4 Å². The van der Waals surface area contributed by atoms with E-state index in [-0.39, 0.29) is 12.4 Å². The van der Waals surface area contributed by atoms with Gasteiger partial charge in [-0.25, -0.2) is 4.79 Å². The van der Waals surface area contributed by atoms with Gasteiger partial charge in [0.25, 0.3) is 0 Å². The molecule has 2 rings (SSSR count). The molecule has 0 aliphatic rings. The Balaban J connectivity index is 1.84. The van der Waals surface area contributed by atoms with Gasteiger partial charge in [0.1, 0.15) is 5.75 Å². The van der Waals surface area contributed by atoms with Gasteiger partial charge >= 0.3 is 5.97 Å². The fraction of sp³-hybridized carbons (Fsp3) is 0.125. The number of hydrogen-bond donors (Lipinski definition) is 0. The molecule has 0 aliphatic heterocycles. The summed E-state index contributed by atoms with van der Waals surface area (Å²) in [6, 6.07) is 10.4. The molecule has 0 N–H and O–H groups in total. The predicted molar refractivity (Wildman–Crippen MR) is 81.6 cm³/mol. The fourth-order valence-corrected chi connectivity index (χ4v) is 2.20. The van der Waals surface area contributed by atoms with Gasteiger partial charge < -0.3 is 9.47 Å². The predicted octanol–water partition coefficient (Wildman–Crippen LogP) is 3.20. The number of Topliss-reactive ketones (excluding diaryl/α,β-unsaturated/α-hetero) is 1. The molecule has 4 nitrogen and oxygen atoms in total. The summed E-state index contributed by atoms with van der Waals surface area (Å²) in [7, 11) is 1.55. The Kier molecular flexibility index (Phi) is 5.29. The van der Waals surface area contributed by atoms with Gasteiger partial charge in [-0.3, -0.25) is 4.79 Å². The quantitative estimate of drug-likeness (QED) is 0.467. The normalized spacial score (nSPS) is 10.5. The zero-order valence-corrected chi connectivity index (χ0v) is 12.3. The highest BCUT2D eigenvalue weighted by Gasteiger charge is 2.08.